The maximum atomic E-state index is 2.49. The summed E-state index contributed by atoms with van der Waals surface area (Å²) in [6.07, 6.45) is 11.5. The Hall–Kier alpha value is -4.66. The first-order valence-corrected chi connectivity index (χ1v) is 17.6. The van der Waals surface area contributed by atoms with Crippen LogP contribution in [0.15, 0.2) is 103 Å². The van der Waals surface area contributed by atoms with Crippen molar-refractivity contribution in [2.24, 2.45) is 0 Å². The van der Waals surface area contributed by atoms with E-state index in [0.29, 0.717) is 5.92 Å². The lowest BCUT2D eigenvalue weighted by atomic mass is 9.92. The number of fused-ring (bicyclic) bond motifs is 5. The molecule has 0 amide bonds. The second-order valence-electron chi connectivity index (χ2n) is 12.5. The zero-order valence-corrected chi connectivity index (χ0v) is 28.1. The lowest BCUT2D eigenvalue weighted by Crippen LogP contribution is -1.99. The van der Waals surface area contributed by atoms with Gasteiger partial charge in [-0.2, -0.15) is 0 Å². The van der Waals surface area contributed by atoms with Gasteiger partial charge in [0.2, 0.25) is 0 Å². The zero-order chi connectivity index (χ0) is 31.5. The molecule has 2 heteroatoms. The van der Waals surface area contributed by atoms with Gasteiger partial charge in [-0.3, -0.25) is 0 Å². The van der Waals surface area contributed by atoms with Crippen LogP contribution in [0.25, 0.3) is 72.0 Å². The molecule has 0 N–H and O–H groups in total. The highest BCUT2D eigenvalue weighted by atomic mass is 32.1. The van der Waals surface area contributed by atoms with Crippen molar-refractivity contribution in [2.45, 2.75) is 53.4 Å². The molecule has 9 rings (SSSR count). The number of benzene rings is 6. The summed E-state index contributed by atoms with van der Waals surface area (Å²) >= 11 is 1.97. The number of allylic oxidation sites excluding steroid dienone is 2. The molecule has 0 fully saturated rings. The normalized spacial score (nSPS) is 13.8. The largest absolute Gasteiger partial charge is 0.309 e. The highest BCUT2D eigenvalue weighted by Crippen LogP contribution is 2.44. The van der Waals surface area contributed by atoms with Crippen LogP contribution in [-0.4, -0.2) is 4.57 Å². The minimum atomic E-state index is 0.334. The molecule has 1 atom stereocenters. The van der Waals surface area contributed by atoms with Gasteiger partial charge in [-0.15, -0.1) is 11.3 Å². The average Bonchev–Trinajstić information content (AvgIpc) is 3.63. The van der Waals surface area contributed by atoms with E-state index in [-0.39, 0.29) is 0 Å². The fraction of sp³-hybridized carbons (Fsp3) is 0.182. The minimum absolute atomic E-state index is 0.334. The number of nitrogens with zero attached hydrogens (tertiary/aromatic N) is 1. The highest BCUT2D eigenvalue weighted by Gasteiger charge is 2.22. The minimum Gasteiger partial charge on any atom is -0.309 e. The van der Waals surface area contributed by atoms with Crippen LogP contribution in [0, 0.1) is 6.92 Å². The molecular formula is C44H39NS. The quantitative estimate of drug-likeness (QED) is 0.174. The molecular weight excluding hydrogens is 575 g/mol. The molecule has 1 aliphatic rings. The fourth-order valence-electron chi connectivity index (χ4n) is 7.76. The summed E-state index contributed by atoms with van der Waals surface area (Å²) in [4.78, 5) is 2.91. The van der Waals surface area contributed by atoms with Crippen LogP contribution < -0.4 is 0 Å². The van der Waals surface area contributed by atoms with Gasteiger partial charge in [0, 0.05) is 32.1 Å². The third kappa shape index (κ3) is 4.27. The monoisotopic (exact) mass is 613 g/mol. The molecule has 1 unspecified atom stereocenters. The van der Waals surface area contributed by atoms with E-state index in [9.17, 15) is 0 Å². The number of hydrogen-bond acceptors (Lipinski definition) is 1. The number of thiophene rings is 1. The second kappa shape index (κ2) is 11.3. The summed E-state index contributed by atoms with van der Waals surface area (Å²) < 4.78 is 2.49. The Balaban J connectivity index is 0.00000153. The number of rotatable bonds is 4. The highest BCUT2D eigenvalue weighted by molar-refractivity contribution is 7.13. The van der Waals surface area contributed by atoms with Crippen molar-refractivity contribution < 1.29 is 0 Å². The standard InChI is InChI=1S/C42H33NS.C2H6/c1-4-8-33-32-11-5-6-12-38(32)44-42(33)26(3)27-16-19-31(20-17-27)43-36-23-25(2)13-21-34(36)41-35-22-18-29-10-7-9-28-14-15-30(24-37(41)43)40(35)39(28)29;1-2/h4,6-10,12-24,26H,5,11H2,1-3H3;1-2H3/b8-4-;. The third-order valence-electron chi connectivity index (χ3n) is 9.85. The molecule has 6 aromatic carbocycles. The molecule has 1 nitrogen and oxygen atoms in total. The number of aromatic nitrogens is 1. The van der Waals surface area contributed by atoms with E-state index >= 15 is 0 Å². The third-order valence-corrected chi connectivity index (χ3v) is 11.2. The number of hydrogen-bond donors (Lipinski definition) is 0. The second-order valence-corrected chi connectivity index (χ2v) is 13.5. The van der Waals surface area contributed by atoms with Crippen molar-refractivity contribution in [3.05, 3.63) is 135 Å². The Labute approximate surface area is 275 Å². The van der Waals surface area contributed by atoms with E-state index in [4.69, 9.17) is 0 Å². The van der Waals surface area contributed by atoms with Crippen LogP contribution in [0.2, 0.25) is 0 Å². The molecule has 46 heavy (non-hydrogen) atoms. The van der Waals surface area contributed by atoms with Gasteiger partial charge < -0.3 is 4.57 Å². The van der Waals surface area contributed by atoms with E-state index in [1.165, 1.54) is 91.8 Å². The fourth-order valence-corrected chi connectivity index (χ4v) is 9.11. The summed E-state index contributed by atoms with van der Waals surface area (Å²) in [5, 5.41) is 10.7. The molecule has 2 heterocycles. The summed E-state index contributed by atoms with van der Waals surface area (Å²) in [6, 6.07) is 34.6. The van der Waals surface area contributed by atoms with E-state index in [2.05, 4.69) is 141 Å². The molecule has 0 bridgehead atoms. The lowest BCUT2D eigenvalue weighted by Gasteiger charge is -2.15. The van der Waals surface area contributed by atoms with E-state index in [1.54, 1.807) is 0 Å². The van der Waals surface area contributed by atoms with Crippen LogP contribution in [0.5, 0.6) is 0 Å². The van der Waals surface area contributed by atoms with E-state index in [1.807, 2.05) is 25.2 Å². The summed E-state index contributed by atoms with van der Waals surface area (Å²) in [5.41, 5.74) is 9.36. The Morgan fingerprint density at radius 3 is 2.28 bits per heavy atom. The number of aryl methyl sites for hydroxylation is 1. The van der Waals surface area contributed by atoms with Gasteiger partial charge in [0.1, 0.15) is 0 Å². The van der Waals surface area contributed by atoms with Crippen LogP contribution in [0.3, 0.4) is 0 Å². The zero-order valence-electron chi connectivity index (χ0n) is 27.3. The SMILES string of the molecule is C/C=C\c1c(C(C)c2ccc(-n3c4cc(C)ccc4c4c5ccc6cccc7ccc(cc43)c5c76)cc2)sc2c1CCC=C2.CC. The van der Waals surface area contributed by atoms with E-state index < -0.39 is 0 Å². The van der Waals surface area contributed by atoms with Crippen molar-refractivity contribution in [1.82, 2.24) is 4.57 Å². The van der Waals surface area contributed by atoms with Crippen molar-refractivity contribution in [2.75, 3.05) is 0 Å². The van der Waals surface area contributed by atoms with Crippen molar-refractivity contribution in [1.29, 1.82) is 0 Å². The summed E-state index contributed by atoms with van der Waals surface area (Å²) in [6.45, 7) is 10.7. The van der Waals surface area contributed by atoms with Crippen LogP contribution in [-0.2, 0) is 6.42 Å². The van der Waals surface area contributed by atoms with Crippen LogP contribution in [0.1, 0.15) is 72.0 Å². The first kappa shape index (κ1) is 28.8. The van der Waals surface area contributed by atoms with Gasteiger partial charge in [0.05, 0.1) is 11.0 Å². The smallest absolute Gasteiger partial charge is 0.0553 e. The van der Waals surface area contributed by atoms with Gasteiger partial charge in [-0.1, -0.05) is 106 Å². The van der Waals surface area contributed by atoms with Gasteiger partial charge in [-0.05, 0) is 112 Å². The predicted octanol–water partition coefficient (Wildman–Crippen LogP) is 13.2. The maximum absolute atomic E-state index is 2.49. The molecule has 0 saturated heterocycles. The Kier molecular flexibility index (Phi) is 7.07. The topological polar surface area (TPSA) is 4.93 Å². The lowest BCUT2D eigenvalue weighted by molar-refractivity contribution is 0.932. The van der Waals surface area contributed by atoms with Gasteiger partial charge in [0.15, 0.2) is 0 Å². The van der Waals surface area contributed by atoms with Gasteiger partial charge in [-0.25, -0.2) is 0 Å². The van der Waals surface area contributed by atoms with Crippen molar-refractivity contribution in [3.8, 4) is 5.69 Å². The van der Waals surface area contributed by atoms with Crippen LogP contribution in [0.4, 0.5) is 0 Å². The average molecular weight is 614 g/mol. The van der Waals surface area contributed by atoms with Crippen LogP contribution >= 0.6 is 11.3 Å². The van der Waals surface area contributed by atoms with Gasteiger partial charge >= 0.3 is 0 Å². The first-order chi connectivity index (χ1) is 22.6. The molecule has 2 aromatic heterocycles. The van der Waals surface area contributed by atoms with Crippen molar-refractivity contribution >= 4 is 77.6 Å². The Bertz CT molecular complexity index is 2450. The maximum Gasteiger partial charge on any atom is 0.0553 e. The van der Waals surface area contributed by atoms with Gasteiger partial charge in [0.25, 0.3) is 0 Å². The molecule has 0 aliphatic heterocycles. The summed E-state index contributed by atoms with van der Waals surface area (Å²) in [5.74, 6) is 0.334. The predicted molar refractivity (Wildman–Crippen MR) is 204 cm³/mol. The van der Waals surface area contributed by atoms with Crippen molar-refractivity contribution in [3.63, 3.8) is 0 Å². The molecule has 1 aliphatic carbocycles. The molecule has 226 valence electrons. The van der Waals surface area contributed by atoms with E-state index in [0.717, 1.165) is 12.8 Å². The Morgan fingerprint density at radius 1 is 0.761 bits per heavy atom. The summed E-state index contributed by atoms with van der Waals surface area (Å²) in [7, 11) is 0. The molecule has 8 aromatic rings. The molecule has 0 saturated carbocycles. The molecule has 0 radical (unpaired) electrons. The molecule has 0 spiro atoms. The first-order valence-electron chi connectivity index (χ1n) is 16.8. The Morgan fingerprint density at radius 2 is 1.50 bits per heavy atom.